The van der Waals surface area contributed by atoms with Crippen molar-refractivity contribution in [2.45, 2.75) is 38.2 Å². The monoisotopic (exact) mass is 264 g/mol. The molecule has 0 aromatic carbocycles. The summed E-state index contributed by atoms with van der Waals surface area (Å²) in [7, 11) is 0. The zero-order valence-electron chi connectivity index (χ0n) is 11.1. The van der Waals surface area contributed by atoms with E-state index in [0.717, 1.165) is 19.3 Å². The third-order valence-electron chi connectivity index (χ3n) is 3.68. The van der Waals surface area contributed by atoms with Gasteiger partial charge in [-0.05, 0) is 30.9 Å². The van der Waals surface area contributed by atoms with E-state index in [0.29, 0.717) is 18.3 Å². The Morgan fingerprint density at radius 1 is 1.58 bits per heavy atom. The van der Waals surface area contributed by atoms with E-state index >= 15 is 0 Å². The maximum absolute atomic E-state index is 10.7. The third-order valence-corrected chi connectivity index (χ3v) is 3.68. The summed E-state index contributed by atoms with van der Waals surface area (Å²) in [5, 5.41) is 22.3. The predicted octanol–water partition coefficient (Wildman–Crippen LogP) is 2.13. The number of anilines is 1. The minimum Gasteiger partial charge on any atom is -0.478 e. The molecule has 1 aliphatic carbocycles. The number of carboxylic acids is 1. The Morgan fingerprint density at radius 3 is 2.95 bits per heavy atom. The van der Waals surface area contributed by atoms with E-state index in [9.17, 15) is 9.90 Å². The zero-order valence-corrected chi connectivity index (χ0v) is 11.1. The lowest BCUT2D eigenvalue weighted by Gasteiger charge is -2.35. The molecule has 1 saturated carbocycles. The van der Waals surface area contributed by atoms with Gasteiger partial charge in [-0.1, -0.05) is 19.8 Å². The van der Waals surface area contributed by atoms with Crippen LogP contribution in [0.4, 0.5) is 5.82 Å². The Morgan fingerprint density at radius 2 is 2.37 bits per heavy atom. The highest BCUT2D eigenvalue weighted by atomic mass is 16.4. The van der Waals surface area contributed by atoms with E-state index in [-0.39, 0.29) is 5.56 Å². The summed E-state index contributed by atoms with van der Waals surface area (Å²) in [4.78, 5) is 14.7. The highest BCUT2D eigenvalue weighted by Gasteiger charge is 2.32. The van der Waals surface area contributed by atoms with E-state index in [4.69, 9.17) is 5.11 Å². The summed E-state index contributed by atoms with van der Waals surface area (Å²) in [6, 6.07) is 3.13. The topological polar surface area (TPSA) is 82.5 Å². The van der Waals surface area contributed by atoms with E-state index in [1.165, 1.54) is 18.7 Å². The molecule has 1 aliphatic rings. The van der Waals surface area contributed by atoms with Gasteiger partial charge in [0, 0.05) is 12.7 Å². The number of aromatic nitrogens is 1. The maximum Gasteiger partial charge on any atom is 0.337 e. The molecule has 0 bridgehead atoms. The Balaban J connectivity index is 1.92. The van der Waals surface area contributed by atoms with E-state index in [1.807, 2.05) is 0 Å². The Hall–Kier alpha value is -1.62. The van der Waals surface area contributed by atoms with Crippen LogP contribution in [0.5, 0.6) is 0 Å². The molecule has 0 aliphatic heterocycles. The molecule has 1 heterocycles. The normalized spacial score (nSPS) is 26.9. The molecule has 5 nitrogen and oxygen atoms in total. The van der Waals surface area contributed by atoms with Gasteiger partial charge in [0.25, 0.3) is 0 Å². The molecule has 1 aromatic rings. The first-order valence-corrected chi connectivity index (χ1v) is 6.64. The van der Waals surface area contributed by atoms with Gasteiger partial charge in [0.1, 0.15) is 5.82 Å². The second kappa shape index (κ2) is 5.57. The SMILES string of the molecule is CC1CCCC(O)(CNc2ccc(C(=O)O)cn2)C1. The van der Waals surface area contributed by atoms with Gasteiger partial charge in [-0.15, -0.1) is 0 Å². The average molecular weight is 264 g/mol. The van der Waals surface area contributed by atoms with Crippen molar-refractivity contribution in [3.05, 3.63) is 23.9 Å². The van der Waals surface area contributed by atoms with Gasteiger partial charge >= 0.3 is 5.97 Å². The van der Waals surface area contributed by atoms with Crippen molar-refractivity contribution in [3.8, 4) is 0 Å². The molecule has 2 unspecified atom stereocenters. The molecule has 0 radical (unpaired) electrons. The van der Waals surface area contributed by atoms with Gasteiger partial charge in [-0.3, -0.25) is 0 Å². The fraction of sp³-hybridized carbons (Fsp3) is 0.571. The molecule has 1 fully saturated rings. The largest absolute Gasteiger partial charge is 0.478 e. The van der Waals surface area contributed by atoms with Crippen LogP contribution in [0.25, 0.3) is 0 Å². The van der Waals surface area contributed by atoms with Crippen molar-refractivity contribution in [1.29, 1.82) is 0 Å². The summed E-state index contributed by atoms with van der Waals surface area (Å²) in [6.07, 6.45) is 5.14. The lowest BCUT2D eigenvalue weighted by Crippen LogP contribution is -2.41. The number of nitrogens with zero attached hydrogens (tertiary/aromatic N) is 1. The van der Waals surface area contributed by atoms with Crippen molar-refractivity contribution in [2.75, 3.05) is 11.9 Å². The molecule has 2 rings (SSSR count). The number of hydrogen-bond donors (Lipinski definition) is 3. The van der Waals surface area contributed by atoms with Gasteiger partial charge in [-0.25, -0.2) is 9.78 Å². The fourth-order valence-corrected chi connectivity index (χ4v) is 2.67. The Kier molecular flexibility index (Phi) is 4.04. The van der Waals surface area contributed by atoms with E-state index < -0.39 is 11.6 Å². The first-order chi connectivity index (χ1) is 8.98. The molecule has 1 aromatic heterocycles. The highest BCUT2D eigenvalue weighted by Crippen LogP contribution is 2.32. The molecule has 104 valence electrons. The van der Waals surface area contributed by atoms with Crippen LogP contribution in [0.3, 0.4) is 0 Å². The van der Waals surface area contributed by atoms with Crippen LogP contribution < -0.4 is 5.32 Å². The first kappa shape index (κ1) is 13.8. The number of nitrogens with one attached hydrogen (secondary N) is 1. The molecule has 0 amide bonds. The van der Waals surface area contributed by atoms with Gasteiger partial charge in [-0.2, -0.15) is 0 Å². The predicted molar refractivity (Wildman–Crippen MR) is 72.3 cm³/mol. The third kappa shape index (κ3) is 3.67. The van der Waals surface area contributed by atoms with Gasteiger partial charge in [0.05, 0.1) is 11.2 Å². The molecule has 19 heavy (non-hydrogen) atoms. The van der Waals surface area contributed by atoms with Crippen molar-refractivity contribution in [3.63, 3.8) is 0 Å². The summed E-state index contributed by atoms with van der Waals surface area (Å²) >= 11 is 0. The van der Waals surface area contributed by atoms with Gasteiger partial charge in [0.2, 0.25) is 0 Å². The second-order valence-corrected chi connectivity index (χ2v) is 5.52. The fourth-order valence-electron chi connectivity index (χ4n) is 2.67. The summed E-state index contributed by atoms with van der Waals surface area (Å²) in [5.41, 5.74) is -0.513. The first-order valence-electron chi connectivity index (χ1n) is 6.64. The Bertz CT molecular complexity index is 447. The van der Waals surface area contributed by atoms with Crippen LogP contribution in [-0.2, 0) is 0 Å². The van der Waals surface area contributed by atoms with Crippen molar-refractivity contribution < 1.29 is 15.0 Å². The summed E-state index contributed by atoms with van der Waals surface area (Å²) in [6.45, 7) is 2.61. The van der Waals surface area contributed by atoms with Crippen molar-refractivity contribution in [1.82, 2.24) is 4.98 Å². The molecule has 3 N–H and O–H groups in total. The lowest BCUT2D eigenvalue weighted by molar-refractivity contribution is -0.000837. The highest BCUT2D eigenvalue weighted by molar-refractivity contribution is 5.87. The number of carboxylic acid groups (broad SMARTS) is 1. The summed E-state index contributed by atoms with van der Waals surface area (Å²) in [5.74, 6) is 0.151. The van der Waals surface area contributed by atoms with Crippen molar-refractivity contribution >= 4 is 11.8 Å². The molecule has 2 atom stereocenters. The van der Waals surface area contributed by atoms with Crippen molar-refractivity contribution in [2.24, 2.45) is 5.92 Å². The van der Waals surface area contributed by atoms with E-state index in [1.54, 1.807) is 6.07 Å². The summed E-state index contributed by atoms with van der Waals surface area (Å²) < 4.78 is 0. The number of pyridine rings is 1. The zero-order chi connectivity index (χ0) is 13.9. The number of carbonyl (C=O) groups is 1. The van der Waals surface area contributed by atoms with Gasteiger partial charge in [0.15, 0.2) is 0 Å². The van der Waals surface area contributed by atoms with Crippen LogP contribution in [-0.4, -0.2) is 33.3 Å². The van der Waals surface area contributed by atoms with E-state index in [2.05, 4.69) is 17.2 Å². The number of aliphatic hydroxyl groups is 1. The average Bonchev–Trinajstić information content (AvgIpc) is 2.37. The van der Waals surface area contributed by atoms with Gasteiger partial charge < -0.3 is 15.5 Å². The van der Waals surface area contributed by atoms with Crippen LogP contribution in [0, 0.1) is 5.92 Å². The smallest absolute Gasteiger partial charge is 0.337 e. The van der Waals surface area contributed by atoms with Crippen LogP contribution in [0.1, 0.15) is 43.0 Å². The van der Waals surface area contributed by atoms with Crippen LogP contribution in [0.15, 0.2) is 18.3 Å². The second-order valence-electron chi connectivity index (χ2n) is 5.52. The standard InChI is InChI=1S/C14H20N2O3/c1-10-3-2-6-14(19,7-10)9-16-12-5-4-11(8-15-12)13(17)18/h4-5,8,10,19H,2-3,6-7,9H2,1H3,(H,15,16)(H,17,18). The number of hydrogen-bond acceptors (Lipinski definition) is 4. The minimum absolute atomic E-state index is 0.163. The molecule has 5 heteroatoms. The van der Waals surface area contributed by atoms with Crippen LogP contribution in [0.2, 0.25) is 0 Å². The minimum atomic E-state index is -0.987. The molecular weight excluding hydrogens is 244 g/mol. The maximum atomic E-state index is 10.7. The lowest BCUT2D eigenvalue weighted by atomic mass is 9.79. The number of aromatic carboxylic acids is 1. The number of rotatable bonds is 4. The molecule has 0 spiro atoms. The van der Waals surface area contributed by atoms with Crippen LogP contribution >= 0.6 is 0 Å². The molecular formula is C14H20N2O3. The Labute approximate surface area is 112 Å². The molecule has 0 saturated heterocycles. The quantitative estimate of drug-likeness (QED) is 0.776.